The summed E-state index contributed by atoms with van der Waals surface area (Å²) >= 11 is 0. The molecule has 0 saturated heterocycles. The summed E-state index contributed by atoms with van der Waals surface area (Å²) in [4.78, 5) is 11.2. The highest BCUT2D eigenvalue weighted by atomic mass is 19.2. The number of benzene rings is 1. The van der Waals surface area contributed by atoms with Gasteiger partial charge in [0.2, 0.25) is 0 Å². The Kier molecular flexibility index (Phi) is 4.70. The zero-order valence-corrected chi connectivity index (χ0v) is 9.01. The van der Waals surface area contributed by atoms with Crippen LogP contribution in [0.3, 0.4) is 0 Å². The number of carbonyl (C=O) groups is 1. The molecule has 0 aliphatic rings. The van der Waals surface area contributed by atoms with Crippen LogP contribution in [0, 0.1) is 23.3 Å². The van der Waals surface area contributed by atoms with Crippen LogP contribution in [0.25, 0.3) is 0 Å². The Morgan fingerprint density at radius 3 is 2.22 bits per heavy atom. The molecule has 3 nitrogen and oxygen atoms in total. The van der Waals surface area contributed by atoms with E-state index in [1.165, 1.54) is 0 Å². The second kappa shape index (κ2) is 6.04. The normalized spacial score (nSPS) is 10.0. The highest BCUT2D eigenvalue weighted by molar-refractivity contribution is 5.90. The van der Waals surface area contributed by atoms with Gasteiger partial charge < -0.3 is 9.47 Å². The predicted molar refractivity (Wildman–Crippen MR) is 52.7 cm³/mol. The molecule has 0 atom stereocenters. The molecular formula is C11H8F4O3. The van der Waals surface area contributed by atoms with E-state index in [2.05, 4.69) is 16.1 Å². The van der Waals surface area contributed by atoms with Gasteiger partial charge in [0.15, 0.2) is 23.3 Å². The largest absolute Gasteiger partial charge is 0.498 e. The summed E-state index contributed by atoms with van der Waals surface area (Å²) in [6, 6.07) is 0.00225. The highest BCUT2D eigenvalue weighted by Gasteiger charge is 2.25. The fourth-order valence-electron chi connectivity index (χ4n) is 1.09. The first-order chi connectivity index (χ1) is 8.49. The number of carbonyl (C=O) groups excluding carboxylic acids is 1. The first kappa shape index (κ1) is 14.0. The van der Waals surface area contributed by atoms with Crippen LogP contribution in [-0.4, -0.2) is 19.2 Å². The van der Waals surface area contributed by atoms with Gasteiger partial charge in [-0.3, -0.25) is 0 Å². The van der Waals surface area contributed by atoms with E-state index in [1.54, 1.807) is 0 Å². The van der Waals surface area contributed by atoms with E-state index < -0.39 is 34.8 Å². The van der Waals surface area contributed by atoms with Crippen molar-refractivity contribution in [3.63, 3.8) is 0 Å². The van der Waals surface area contributed by atoms with Crippen molar-refractivity contribution in [2.24, 2.45) is 0 Å². The molecule has 0 unspecified atom stereocenters. The van der Waals surface area contributed by atoms with Crippen molar-refractivity contribution in [2.45, 2.75) is 0 Å². The van der Waals surface area contributed by atoms with E-state index in [1.807, 2.05) is 0 Å². The van der Waals surface area contributed by atoms with Crippen molar-refractivity contribution in [2.75, 3.05) is 13.2 Å². The van der Waals surface area contributed by atoms with Crippen LogP contribution < -0.4 is 0 Å². The summed E-state index contributed by atoms with van der Waals surface area (Å²) < 4.78 is 60.8. The number of halogens is 4. The van der Waals surface area contributed by atoms with Crippen LogP contribution >= 0.6 is 0 Å². The molecule has 0 N–H and O–H groups in total. The molecule has 0 amide bonds. The minimum atomic E-state index is -1.80. The average Bonchev–Trinajstić information content (AvgIpc) is 2.32. The topological polar surface area (TPSA) is 35.5 Å². The summed E-state index contributed by atoms with van der Waals surface area (Å²) in [7, 11) is 0. The zero-order chi connectivity index (χ0) is 13.7. The first-order valence-electron chi connectivity index (χ1n) is 4.71. The lowest BCUT2D eigenvalue weighted by Gasteiger charge is -2.07. The molecule has 0 spiro atoms. The van der Waals surface area contributed by atoms with E-state index in [4.69, 9.17) is 0 Å². The molecule has 1 aromatic carbocycles. The van der Waals surface area contributed by atoms with Gasteiger partial charge in [-0.1, -0.05) is 6.58 Å². The third-order valence-electron chi connectivity index (χ3n) is 1.87. The van der Waals surface area contributed by atoms with Crippen molar-refractivity contribution in [3.8, 4) is 0 Å². The molecule has 0 fully saturated rings. The maximum absolute atomic E-state index is 13.1. The van der Waals surface area contributed by atoms with Gasteiger partial charge in [-0.2, -0.15) is 0 Å². The summed E-state index contributed by atoms with van der Waals surface area (Å²) in [5.74, 6) is -8.48. The van der Waals surface area contributed by atoms with E-state index >= 15 is 0 Å². The molecule has 1 aromatic rings. The van der Waals surface area contributed by atoms with Crippen LogP contribution in [0.4, 0.5) is 17.6 Å². The van der Waals surface area contributed by atoms with E-state index in [0.717, 1.165) is 6.26 Å². The standard InChI is InChI=1S/C11H8F4O3/c1-2-17-3-4-18-11(16)8-9(14)6(12)5-7(13)10(8)15/h2,5H,1,3-4H2. The molecule has 0 bridgehead atoms. The highest BCUT2D eigenvalue weighted by Crippen LogP contribution is 2.20. The Morgan fingerprint density at radius 1 is 1.17 bits per heavy atom. The second-order valence-electron chi connectivity index (χ2n) is 3.02. The van der Waals surface area contributed by atoms with E-state index in [0.29, 0.717) is 0 Å². The Labute approximate surface area is 99.6 Å². The quantitative estimate of drug-likeness (QED) is 0.269. The lowest BCUT2D eigenvalue weighted by atomic mass is 10.2. The molecular weight excluding hydrogens is 256 g/mol. The summed E-state index contributed by atoms with van der Waals surface area (Å²) in [6.45, 7) is 2.76. The first-order valence-corrected chi connectivity index (χ1v) is 4.71. The Morgan fingerprint density at radius 2 is 1.72 bits per heavy atom. The van der Waals surface area contributed by atoms with Gasteiger partial charge in [-0.15, -0.1) is 0 Å². The van der Waals surface area contributed by atoms with Gasteiger partial charge in [-0.05, 0) is 0 Å². The van der Waals surface area contributed by atoms with Gasteiger partial charge >= 0.3 is 5.97 Å². The Bertz CT molecular complexity index is 448. The number of ether oxygens (including phenoxy) is 2. The minimum absolute atomic E-state index is 0.00225. The maximum Gasteiger partial charge on any atom is 0.344 e. The zero-order valence-electron chi connectivity index (χ0n) is 9.01. The molecule has 1 rings (SSSR count). The fraction of sp³-hybridized carbons (Fsp3) is 0.182. The molecule has 0 radical (unpaired) electrons. The van der Waals surface area contributed by atoms with E-state index in [-0.39, 0.29) is 19.3 Å². The van der Waals surface area contributed by atoms with Crippen molar-refractivity contribution < 1.29 is 31.8 Å². The predicted octanol–water partition coefficient (Wildman–Crippen LogP) is 2.56. The third kappa shape index (κ3) is 2.99. The smallest absolute Gasteiger partial charge is 0.344 e. The molecule has 0 heterocycles. The van der Waals surface area contributed by atoms with Crippen LogP contribution in [0.15, 0.2) is 18.9 Å². The Hall–Kier alpha value is -2.05. The second-order valence-corrected chi connectivity index (χ2v) is 3.02. The molecule has 98 valence electrons. The molecule has 0 aliphatic carbocycles. The van der Waals surface area contributed by atoms with Gasteiger partial charge in [0, 0.05) is 6.07 Å². The lowest BCUT2D eigenvalue weighted by molar-refractivity contribution is 0.0407. The number of esters is 1. The third-order valence-corrected chi connectivity index (χ3v) is 1.87. The van der Waals surface area contributed by atoms with Crippen LogP contribution in [-0.2, 0) is 9.47 Å². The molecule has 18 heavy (non-hydrogen) atoms. The monoisotopic (exact) mass is 264 g/mol. The van der Waals surface area contributed by atoms with Crippen LogP contribution in [0.2, 0.25) is 0 Å². The van der Waals surface area contributed by atoms with Gasteiger partial charge in [0.1, 0.15) is 18.8 Å². The summed E-state index contributed by atoms with van der Waals surface area (Å²) in [5.41, 5.74) is -1.41. The molecule has 0 saturated carbocycles. The van der Waals surface area contributed by atoms with Crippen molar-refractivity contribution in [1.29, 1.82) is 0 Å². The van der Waals surface area contributed by atoms with Crippen LogP contribution in [0.5, 0.6) is 0 Å². The average molecular weight is 264 g/mol. The Balaban J connectivity index is 2.88. The van der Waals surface area contributed by atoms with Crippen molar-refractivity contribution >= 4 is 5.97 Å². The lowest BCUT2D eigenvalue weighted by Crippen LogP contribution is -2.15. The van der Waals surface area contributed by atoms with Crippen molar-refractivity contribution in [3.05, 3.63) is 47.7 Å². The van der Waals surface area contributed by atoms with E-state index in [9.17, 15) is 22.4 Å². The molecule has 0 aliphatic heterocycles. The fourth-order valence-corrected chi connectivity index (χ4v) is 1.09. The summed E-state index contributed by atoms with van der Waals surface area (Å²) in [5, 5.41) is 0. The molecule has 0 aromatic heterocycles. The minimum Gasteiger partial charge on any atom is -0.498 e. The van der Waals surface area contributed by atoms with Gasteiger partial charge in [-0.25, -0.2) is 22.4 Å². The molecule has 7 heteroatoms. The summed E-state index contributed by atoms with van der Waals surface area (Å²) in [6.07, 6.45) is 1.07. The van der Waals surface area contributed by atoms with Crippen LogP contribution in [0.1, 0.15) is 10.4 Å². The number of rotatable bonds is 5. The maximum atomic E-state index is 13.1. The number of hydrogen-bond donors (Lipinski definition) is 0. The SMILES string of the molecule is C=COCCOC(=O)c1c(F)c(F)cc(F)c1F. The van der Waals surface area contributed by atoms with Gasteiger partial charge in [0.05, 0.1) is 6.26 Å². The van der Waals surface area contributed by atoms with Crippen molar-refractivity contribution in [1.82, 2.24) is 0 Å². The van der Waals surface area contributed by atoms with Gasteiger partial charge in [0.25, 0.3) is 0 Å². The number of hydrogen-bond acceptors (Lipinski definition) is 3.